The maximum Gasteiger partial charge on any atom is 0.194 e. The van der Waals surface area contributed by atoms with Gasteiger partial charge in [0, 0.05) is 30.9 Å². The number of hydrogen-bond acceptors (Lipinski definition) is 2. The third kappa shape index (κ3) is 2.75. The number of benzene rings is 1. The summed E-state index contributed by atoms with van der Waals surface area (Å²) in [4.78, 5) is 2.04. The maximum atomic E-state index is 13.7. The standard InChI is InChI=1S/C16H18F3N3/c1-10-7-11(2)22(20-10)13-5-6-21(9-13)8-12-3-4-14(17)16(19)15(12)18/h3-4,7,13H,5-6,8-9H2,1-2H3/t13-/m1/s1. The van der Waals surface area contributed by atoms with Gasteiger partial charge in [-0.05, 0) is 32.4 Å². The van der Waals surface area contributed by atoms with E-state index >= 15 is 0 Å². The van der Waals surface area contributed by atoms with Gasteiger partial charge in [-0.1, -0.05) is 6.07 Å². The fraction of sp³-hybridized carbons (Fsp3) is 0.438. The maximum absolute atomic E-state index is 13.7. The fourth-order valence-corrected chi connectivity index (χ4v) is 3.10. The van der Waals surface area contributed by atoms with Crippen molar-refractivity contribution in [3.63, 3.8) is 0 Å². The normalized spacial score (nSPS) is 19.0. The molecule has 1 fully saturated rings. The van der Waals surface area contributed by atoms with Crippen molar-refractivity contribution in [2.45, 2.75) is 32.9 Å². The topological polar surface area (TPSA) is 21.1 Å². The molecule has 1 aromatic carbocycles. The highest BCUT2D eigenvalue weighted by Crippen LogP contribution is 2.25. The predicted molar refractivity (Wildman–Crippen MR) is 76.9 cm³/mol. The summed E-state index contributed by atoms with van der Waals surface area (Å²) in [6.07, 6.45) is 0.910. The van der Waals surface area contributed by atoms with Crippen LogP contribution in [0.15, 0.2) is 18.2 Å². The molecular weight excluding hydrogens is 291 g/mol. The van der Waals surface area contributed by atoms with Gasteiger partial charge in [-0.2, -0.15) is 5.10 Å². The summed E-state index contributed by atoms with van der Waals surface area (Å²) in [6, 6.07) is 4.55. The molecular formula is C16H18F3N3. The van der Waals surface area contributed by atoms with Gasteiger partial charge in [0.15, 0.2) is 17.5 Å². The Morgan fingerprint density at radius 2 is 1.95 bits per heavy atom. The lowest BCUT2D eigenvalue weighted by molar-refractivity contribution is 0.302. The van der Waals surface area contributed by atoms with E-state index in [0.29, 0.717) is 0 Å². The Kier molecular flexibility index (Phi) is 3.95. The number of halogens is 3. The van der Waals surface area contributed by atoms with Gasteiger partial charge in [-0.25, -0.2) is 13.2 Å². The van der Waals surface area contributed by atoms with Gasteiger partial charge in [0.2, 0.25) is 0 Å². The summed E-state index contributed by atoms with van der Waals surface area (Å²) in [6.45, 7) is 5.74. The first kappa shape index (κ1) is 15.1. The van der Waals surface area contributed by atoms with E-state index in [1.165, 1.54) is 6.07 Å². The number of rotatable bonds is 3. The van der Waals surface area contributed by atoms with Crippen LogP contribution in [-0.4, -0.2) is 27.8 Å². The molecule has 2 aromatic rings. The summed E-state index contributed by atoms with van der Waals surface area (Å²) in [7, 11) is 0. The number of nitrogens with zero attached hydrogens (tertiary/aromatic N) is 3. The first-order valence-electron chi connectivity index (χ1n) is 7.33. The molecule has 6 heteroatoms. The van der Waals surface area contributed by atoms with Crippen LogP contribution in [-0.2, 0) is 6.54 Å². The molecule has 118 valence electrons. The van der Waals surface area contributed by atoms with Gasteiger partial charge in [-0.15, -0.1) is 0 Å². The Morgan fingerprint density at radius 1 is 1.18 bits per heavy atom. The van der Waals surface area contributed by atoms with E-state index in [9.17, 15) is 13.2 Å². The molecule has 3 nitrogen and oxygen atoms in total. The minimum Gasteiger partial charge on any atom is -0.297 e. The molecule has 3 rings (SSSR count). The predicted octanol–water partition coefficient (Wildman–Crippen LogP) is 3.36. The first-order valence-corrected chi connectivity index (χ1v) is 7.33. The lowest BCUT2D eigenvalue weighted by atomic mass is 10.2. The molecule has 0 bridgehead atoms. The summed E-state index contributed by atoms with van der Waals surface area (Å²) >= 11 is 0. The van der Waals surface area contributed by atoms with E-state index in [1.54, 1.807) is 0 Å². The molecule has 22 heavy (non-hydrogen) atoms. The van der Waals surface area contributed by atoms with Crippen molar-refractivity contribution in [1.82, 2.24) is 14.7 Å². The number of aryl methyl sites for hydroxylation is 2. The zero-order valence-electron chi connectivity index (χ0n) is 12.6. The third-order valence-electron chi connectivity index (χ3n) is 4.15. The van der Waals surface area contributed by atoms with Gasteiger partial charge in [0.05, 0.1) is 11.7 Å². The smallest absolute Gasteiger partial charge is 0.194 e. The van der Waals surface area contributed by atoms with Crippen LogP contribution in [0.25, 0.3) is 0 Å². The molecule has 1 aromatic heterocycles. The molecule has 0 N–H and O–H groups in total. The van der Waals surface area contributed by atoms with Crippen LogP contribution in [0.5, 0.6) is 0 Å². The zero-order chi connectivity index (χ0) is 15.9. The highest BCUT2D eigenvalue weighted by Gasteiger charge is 2.26. The molecule has 0 saturated carbocycles. The second-order valence-electron chi connectivity index (χ2n) is 5.88. The van der Waals surface area contributed by atoms with Crippen LogP contribution in [0, 0.1) is 31.3 Å². The number of aromatic nitrogens is 2. The summed E-state index contributed by atoms with van der Waals surface area (Å²) in [5.41, 5.74) is 2.26. The lowest BCUT2D eigenvalue weighted by Crippen LogP contribution is -2.23. The van der Waals surface area contributed by atoms with Gasteiger partial charge >= 0.3 is 0 Å². The second-order valence-corrected chi connectivity index (χ2v) is 5.88. The minimum atomic E-state index is -1.40. The average Bonchev–Trinajstić information content (AvgIpc) is 3.06. The van der Waals surface area contributed by atoms with Gasteiger partial charge in [0.25, 0.3) is 0 Å². The Balaban J connectivity index is 1.71. The largest absolute Gasteiger partial charge is 0.297 e. The van der Waals surface area contributed by atoms with Crippen molar-refractivity contribution in [3.05, 3.63) is 52.6 Å². The molecule has 1 aliphatic heterocycles. The van der Waals surface area contributed by atoms with Crippen molar-refractivity contribution in [3.8, 4) is 0 Å². The summed E-state index contributed by atoms with van der Waals surface area (Å²) in [5.74, 6) is -3.63. The molecule has 0 spiro atoms. The van der Waals surface area contributed by atoms with Crippen molar-refractivity contribution in [1.29, 1.82) is 0 Å². The summed E-state index contributed by atoms with van der Waals surface area (Å²) < 4.78 is 42.0. The van der Waals surface area contributed by atoms with Crippen molar-refractivity contribution >= 4 is 0 Å². The van der Waals surface area contributed by atoms with Crippen LogP contribution < -0.4 is 0 Å². The van der Waals surface area contributed by atoms with E-state index < -0.39 is 17.5 Å². The lowest BCUT2D eigenvalue weighted by Gasteiger charge is -2.17. The fourth-order valence-electron chi connectivity index (χ4n) is 3.10. The van der Waals surface area contributed by atoms with Crippen LogP contribution >= 0.6 is 0 Å². The molecule has 0 amide bonds. The van der Waals surface area contributed by atoms with Crippen LogP contribution in [0.1, 0.15) is 29.4 Å². The molecule has 0 unspecified atom stereocenters. The van der Waals surface area contributed by atoms with E-state index in [2.05, 4.69) is 5.10 Å². The van der Waals surface area contributed by atoms with E-state index in [1.807, 2.05) is 29.5 Å². The highest BCUT2D eigenvalue weighted by atomic mass is 19.2. The second kappa shape index (κ2) is 5.76. The van der Waals surface area contributed by atoms with E-state index in [0.717, 1.165) is 37.0 Å². The molecule has 1 atom stereocenters. The Morgan fingerprint density at radius 3 is 2.64 bits per heavy atom. The monoisotopic (exact) mass is 309 g/mol. The number of likely N-dealkylation sites (tertiary alicyclic amines) is 1. The van der Waals surface area contributed by atoms with Gasteiger partial charge < -0.3 is 0 Å². The Hall–Kier alpha value is -1.82. The molecule has 0 aliphatic carbocycles. The molecule has 2 heterocycles. The third-order valence-corrected chi connectivity index (χ3v) is 4.15. The van der Waals surface area contributed by atoms with Crippen molar-refractivity contribution < 1.29 is 13.2 Å². The zero-order valence-corrected chi connectivity index (χ0v) is 12.6. The Bertz CT molecular complexity index is 696. The highest BCUT2D eigenvalue weighted by molar-refractivity contribution is 5.20. The van der Waals surface area contributed by atoms with Crippen LogP contribution in [0.4, 0.5) is 13.2 Å². The van der Waals surface area contributed by atoms with E-state index in [4.69, 9.17) is 0 Å². The van der Waals surface area contributed by atoms with E-state index in [-0.39, 0.29) is 18.2 Å². The minimum absolute atomic E-state index is 0.188. The number of hydrogen-bond donors (Lipinski definition) is 0. The molecule has 1 saturated heterocycles. The first-order chi connectivity index (χ1) is 10.5. The SMILES string of the molecule is Cc1cc(C)n([C@@H]2CCN(Cc3ccc(F)c(F)c3F)C2)n1. The quantitative estimate of drug-likeness (QED) is 0.811. The van der Waals surface area contributed by atoms with Crippen molar-refractivity contribution in [2.24, 2.45) is 0 Å². The van der Waals surface area contributed by atoms with Crippen molar-refractivity contribution in [2.75, 3.05) is 13.1 Å². The molecule has 0 radical (unpaired) electrons. The van der Waals surface area contributed by atoms with Gasteiger partial charge in [-0.3, -0.25) is 9.58 Å². The average molecular weight is 309 g/mol. The van der Waals surface area contributed by atoms with Crippen LogP contribution in [0.3, 0.4) is 0 Å². The summed E-state index contributed by atoms with van der Waals surface area (Å²) in [5, 5.41) is 4.48. The molecule has 1 aliphatic rings. The van der Waals surface area contributed by atoms with Gasteiger partial charge in [0.1, 0.15) is 0 Å². The Labute approximate surface area is 127 Å². The van der Waals surface area contributed by atoms with Crippen LogP contribution in [0.2, 0.25) is 0 Å².